The first-order valence-electron chi connectivity index (χ1n) is 10.9. The number of halogens is 2. The molecular formula is C24H22Cl2N10O. The van der Waals surface area contributed by atoms with Gasteiger partial charge in [0.15, 0.2) is 17.3 Å². The number of aryl methyl sites for hydroxylation is 1. The molecule has 0 unspecified atom stereocenters. The van der Waals surface area contributed by atoms with E-state index in [1.165, 1.54) is 11.2 Å². The molecule has 5 aromatic rings. The lowest BCUT2D eigenvalue weighted by Gasteiger charge is -2.15. The highest BCUT2D eigenvalue weighted by atomic mass is 35.5. The number of hydrogen-bond donors (Lipinski definition) is 3. The van der Waals surface area contributed by atoms with Gasteiger partial charge in [-0.15, -0.1) is 0 Å². The fourth-order valence-corrected chi connectivity index (χ4v) is 3.53. The molecule has 0 spiro atoms. The number of nitrogens with zero attached hydrogens (tertiary/aromatic N) is 7. The number of rotatable bonds is 5. The summed E-state index contributed by atoms with van der Waals surface area (Å²) in [5, 5.41) is 12.6. The summed E-state index contributed by atoms with van der Waals surface area (Å²) < 4.78 is 1.67. The number of amides is 1. The van der Waals surface area contributed by atoms with E-state index < -0.39 is 0 Å². The maximum atomic E-state index is 12.1. The number of para-hydroxylation sites is 2. The zero-order valence-electron chi connectivity index (χ0n) is 19.8. The van der Waals surface area contributed by atoms with Crippen molar-refractivity contribution in [1.82, 2.24) is 29.7 Å². The molecule has 3 aromatic heterocycles. The first kappa shape index (κ1) is 25.8. The van der Waals surface area contributed by atoms with Gasteiger partial charge in [0.1, 0.15) is 5.56 Å². The summed E-state index contributed by atoms with van der Waals surface area (Å²) in [5.74, 6) is 6.24. The molecule has 1 amide bonds. The lowest BCUT2D eigenvalue weighted by atomic mass is 10.2. The van der Waals surface area contributed by atoms with Crippen LogP contribution in [0, 0.1) is 0 Å². The van der Waals surface area contributed by atoms with E-state index in [0.29, 0.717) is 11.3 Å². The van der Waals surface area contributed by atoms with Gasteiger partial charge < -0.3 is 10.6 Å². The lowest BCUT2D eigenvalue weighted by Crippen LogP contribution is -2.29. The number of fused-ring (bicyclic) bond motifs is 1. The van der Waals surface area contributed by atoms with Crippen molar-refractivity contribution in [1.29, 1.82) is 0 Å². The molecule has 13 heteroatoms. The van der Waals surface area contributed by atoms with Gasteiger partial charge in [-0.1, -0.05) is 36.4 Å². The second kappa shape index (κ2) is 11.6. The zero-order chi connectivity index (χ0) is 26.4. The molecule has 5 rings (SSSR count). The van der Waals surface area contributed by atoms with Crippen LogP contribution in [-0.4, -0.2) is 42.7 Å². The van der Waals surface area contributed by atoms with Crippen LogP contribution in [0.15, 0.2) is 73.1 Å². The Morgan fingerprint density at radius 3 is 2.16 bits per heavy atom. The molecule has 11 nitrogen and oxygen atoms in total. The molecule has 0 atom stereocenters. The molecular weight excluding hydrogens is 515 g/mol. The topological polar surface area (TPSA) is 140 Å². The van der Waals surface area contributed by atoms with E-state index in [4.69, 9.17) is 29.0 Å². The minimum absolute atomic E-state index is 0.0311. The molecule has 0 aliphatic rings. The van der Waals surface area contributed by atoms with Gasteiger partial charge in [-0.25, -0.2) is 20.5 Å². The second-order valence-electron chi connectivity index (χ2n) is 7.65. The Labute approximate surface area is 222 Å². The van der Waals surface area contributed by atoms with Gasteiger partial charge in [0.05, 0.1) is 5.39 Å². The first-order valence-corrected chi connectivity index (χ1v) is 11.6. The predicted octanol–water partition coefficient (Wildman–Crippen LogP) is 4.45. The van der Waals surface area contributed by atoms with Crippen LogP contribution in [0.1, 0.15) is 10.4 Å². The summed E-state index contributed by atoms with van der Waals surface area (Å²) in [6, 6.07) is 18.9. The SMILES string of the molecule is CN(N)c1nc(Cl)ncc1C(=O)Nc1ccccc1.Cn1nc(Nc2ccccc2)c2cnc(Cl)nc21. The number of anilines is 4. The van der Waals surface area contributed by atoms with Crippen LogP contribution in [0.25, 0.3) is 11.0 Å². The monoisotopic (exact) mass is 536 g/mol. The molecule has 3 heterocycles. The molecule has 0 bridgehead atoms. The van der Waals surface area contributed by atoms with E-state index >= 15 is 0 Å². The van der Waals surface area contributed by atoms with Crippen LogP contribution in [0.4, 0.5) is 23.0 Å². The summed E-state index contributed by atoms with van der Waals surface area (Å²) >= 11 is 11.5. The van der Waals surface area contributed by atoms with Crippen LogP contribution < -0.4 is 21.5 Å². The summed E-state index contributed by atoms with van der Waals surface area (Å²) in [5.41, 5.74) is 2.59. The molecule has 0 saturated carbocycles. The van der Waals surface area contributed by atoms with Gasteiger partial charge in [0, 0.05) is 37.9 Å². The Bertz CT molecular complexity index is 1510. The van der Waals surface area contributed by atoms with Gasteiger partial charge in [0.25, 0.3) is 5.91 Å². The number of hydrogen-bond acceptors (Lipinski definition) is 9. The molecule has 0 fully saturated rings. The molecule has 188 valence electrons. The standard InChI is InChI=1S/C12H12ClN5O.C12H10ClN5/c1-18(14)10-9(7-15-12(13)17-10)11(19)16-8-5-3-2-4-6-8;1-18-11-9(7-14-12(13)16-11)10(17-18)15-8-5-3-2-4-6-8/h2-7H,14H2,1H3,(H,16,19);2-7H,1H3,(H,15,17). The van der Waals surface area contributed by atoms with Gasteiger partial charge in [-0.05, 0) is 47.5 Å². The average Bonchev–Trinajstić information content (AvgIpc) is 3.19. The van der Waals surface area contributed by atoms with Crippen molar-refractivity contribution in [2.75, 3.05) is 22.7 Å². The van der Waals surface area contributed by atoms with E-state index in [-0.39, 0.29) is 27.9 Å². The molecule has 37 heavy (non-hydrogen) atoms. The molecule has 2 aromatic carbocycles. The van der Waals surface area contributed by atoms with Gasteiger partial charge >= 0.3 is 0 Å². The molecule has 0 radical (unpaired) electrons. The van der Waals surface area contributed by atoms with Crippen molar-refractivity contribution in [3.05, 3.63) is 89.2 Å². The van der Waals surface area contributed by atoms with E-state index in [1.807, 2.05) is 55.6 Å². The van der Waals surface area contributed by atoms with Crippen molar-refractivity contribution in [2.45, 2.75) is 0 Å². The van der Waals surface area contributed by atoms with Gasteiger partial charge in [-0.2, -0.15) is 15.1 Å². The second-order valence-corrected chi connectivity index (χ2v) is 8.32. The van der Waals surface area contributed by atoms with Crippen LogP contribution in [0.2, 0.25) is 10.6 Å². The minimum atomic E-state index is -0.352. The Hall–Kier alpha value is -4.32. The maximum Gasteiger partial charge on any atom is 0.261 e. The van der Waals surface area contributed by atoms with Gasteiger partial charge in [-0.3, -0.25) is 9.80 Å². The average molecular weight is 537 g/mol. The summed E-state index contributed by atoms with van der Waals surface area (Å²) in [7, 11) is 3.39. The highest BCUT2D eigenvalue weighted by Crippen LogP contribution is 2.24. The number of aromatic nitrogens is 6. The summed E-state index contributed by atoms with van der Waals surface area (Å²) in [4.78, 5) is 28.0. The number of carbonyl (C=O) groups is 1. The van der Waals surface area contributed by atoms with E-state index in [2.05, 4.69) is 35.7 Å². The van der Waals surface area contributed by atoms with E-state index in [0.717, 1.165) is 16.9 Å². The first-order chi connectivity index (χ1) is 17.8. The van der Waals surface area contributed by atoms with Crippen molar-refractivity contribution in [3.63, 3.8) is 0 Å². The number of nitrogens with two attached hydrogens (primary N) is 1. The Balaban J connectivity index is 0.000000173. The van der Waals surface area contributed by atoms with Gasteiger partial charge in [0.2, 0.25) is 10.6 Å². The van der Waals surface area contributed by atoms with Crippen LogP contribution in [0.5, 0.6) is 0 Å². The number of carbonyl (C=O) groups excluding carboxylic acids is 1. The van der Waals surface area contributed by atoms with Crippen LogP contribution in [-0.2, 0) is 7.05 Å². The largest absolute Gasteiger partial charge is 0.338 e. The smallest absolute Gasteiger partial charge is 0.261 e. The molecule has 4 N–H and O–H groups in total. The van der Waals surface area contributed by atoms with E-state index in [1.54, 1.807) is 30.1 Å². The Kier molecular flexibility index (Phi) is 8.08. The van der Waals surface area contributed by atoms with Crippen LogP contribution >= 0.6 is 23.2 Å². The third-order valence-electron chi connectivity index (χ3n) is 4.94. The van der Waals surface area contributed by atoms with Crippen molar-refractivity contribution in [3.8, 4) is 0 Å². The molecule has 0 saturated heterocycles. The summed E-state index contributed by atoms with van der Waals surface area (Å²) in [6.45, 7) is 0. The Morgan fingerprint density at radius 1 is 0.919 bits per heavy atom. The van der Waals surface area contributed by atoms with Crippen molar-refractivity contribution >= 4 is 63.2 Å². The fourth-order valence-electron chi connectivity index (χ4n) is 3.27. The highest BCUT2D eigenvalue weighted by Gasteiger charge is 2.16. The molecule has 0 aliphatic carbocycles. The summed E-state index contributed by atoms with van der Waals surface area (Å²) in [6.07, 6.45) is 3.01. The van der Waals surface area contributed by atoms with Crippen LogP contribution in [0.3, 0.4) is 0 Å². The minimum Gasteiger partial charge on any atom is -0.338 e. The third-order valence-corrected chi connectivity index (χ3v) is 5.30. The number of nitrogens with one attached hydrogen (secondary N) is 2. The third kappa shape index (κ3) is 6.47. The molecule has 0 aliphatic heterocycles. The quantitative estimate of drug-likeness (QED) is 0.169. The number of hydrazine groups is 1. The van der Waals surface area contributed by atoms with E-state index in [9.17, 15) is 4.79 Å². The maximum absolute atomic E-state index is 12.1. The highest BCUT2D eigenvalue weighted by molar-refractivity contribution is 6.28. The van der Waals surface area contributed by atoms with Crippen molar-refractivity contribution in [2.24, 2.45) is 12.9 Å². The Morgan fingerprint density at radius 2 is 1.51 bits per heavy atom. The normalized spacial score (nSPS) is 10.4. The van der Waals surface area contributed by atoms with Crippen molar-refractivity contribution < 1.29 is 4.79 Å². The predicted molar refractivity (Wildman–Crippen MR) is 145 cm³/mol. The fraction of sp³-hybridized carbons (Fsp3) is 0.0833. The lowest BCUT2D eigenvalue weighted by molar-refractivity contribution is 0.102. The zero-order valence-corrected chi connectivity index (χ0v) is 21.3. The number of benzene rings is 2.